The zero-order valence-electron chi connectivity index (χ0n) is 13.0. The fraction of sp³-hybridized carbons (Fsp3) is 0.938. The van der Waals surface area contributed by atoms with Crippen molar-refractivity contribution in [2.24, 2.45) is 11.3 Å². The van der Waals surface area contributed by atoms with E-state index < -0.39 is 0 Å². The molecule has 1 amide bonds. The van der Waals surface area contributed by atoms with Crippen molar-refractivity contribution in [2.75, 3.05) is 0 Å². The summed E-state index contributed by atoms with van der Waals surface area (Å²) >= 11 is 0. The number of hydrogen-bond acceptors (Lipinski definition) is 2. The van der Waals surface area contributed by atoms with Crippen LogP contribution < -0.4 is 5.32 Å². The molecule has 0 heterocycles. The molecule has 1 aliphatic carbocycles. The van der Waals surface area contributed by atoms with Crippen LogP contribution in [0.5, 0.6) is 0 Å². The first kappa shape index (κ1) is 16.5. The molecule has 1 fully saturated rings. The number of amides is 1. The van der Waals surface area contributed by atoms with Crippen LogP contribution in [0, 0.1) is 11.3 Å². The van der Waals surface area contributed by atoms with E-state index in [1.54, 1.807) is 0 Å². The van der Waals surface area contributed by atoms with E-state index in [9.17, 15) is 9.90 Å². The minimum absolute atomic E-state index is 0.0307. The molecule has 112 valence electrons. The van der Waals surface area contributed by atoms with E-state index in [1.807, 2.05) is 0 Å². The first-order valence-electron chi connectivity index (χ1n) is 7.75. The number of carbonyl (C=O) groups is 1. The second-order valence-electron chi connectivity index (χ2n) is 7.45. The standard InChI is InChI=1S/C16H31NO2/c1-12(11-16(2,3)4)10-15(19)17-13-8-6-5-7-9-14(13)18/h12-14,18H,5-11H2,1-4H3,(H,17,19). The fourth-order valence-electron chi connectivity index (χ4n) is 3.16. The van der Waals surface area contributed by atoms with Gasteiger partial charge in [0.2, 0.25) is 5.91 Å². The van der Waals surface area contributed by atoms with Crippen molar-refractivity contribution in [1.29, 1.82) is 0 Å². The van der Waals surface area contributed by atoms with Crippen LogP contribution in [0.15, 0.2) is 0 Å². The first-order valence-corrected chi connectivity index (χ1v) is 7.75. The number of carbonyl (C=O) groups excluding carboxylic acids is 1. The summed E-state index contributed by atoms with van der Waals surface area (Å²) in [5.41, 5.74) is 0.265. The van der Waals surface area contributed by atoms with Crippen LogP contribution in [0.4, 0.5) is 0 Å². The van der Waals surface area contributed by atoms with Gasteiger partial charge in [-0.3, -0.25) is 4.79 Å². The molecular formula is C16H31NO2. The molecule has 0 saturated heterocycles. The van der Waals surface area contributed by atoms with Gasteiger partial charge in [-0.2, -0.15) is 0 Å². The summed E-state index contributed by atoms with van der Waals surface area (Å²) in [6, 6.07) is -0.0307. The predicted octanol–water partition coefficient (Wildman–Crippen LogP) is 3.26. The van der Waals surface area contributed by atoms with Gasteiger partial charge in [0.15, 0.2) is 0 Å². The SMILES string of the molecule is CC(CC(=O)NC1CCCCCC1O)CC(C)(C)C. The molecule has 3 heteroatoms. The molecule has 0 spiro atoms. The van der Waals surface area contributed by atoms with Gasteiger partial charge in [-0.05, 0) is 30.6 Å². The van der Waals surface area contributed by atoms with Crippen LogP contribution in [-0.4, -0.2) is 23.2 Å². The Bertz CT molecular complexity index is 283. The highest BCUT2D eigenvalue weighted by molar-refractivity contribution is 5.76. The Morgan fingerprint density at radius 1 is 1.26 bits per heavy atom. The molecule has 3 atom stereocenters. The monoisotopic (exact) mass is 269 g/mol. The van der Waals surface area contributed by atoms with Crippen molar-refractivity contribution in [1.82, 2.24) is 5.32 Å². The summed E-state index contributed by atoms with van der Waals surface area (Å²) in [6.07, 6.45) is 6.36. The van der Waals surface area contributed by atoms with E-state index in [4.69, 9.17) is 0 Å². The molecule has 2 N–H and O–H groups in total. The van der Waals surface area contributed by atoms with Crippen LogP contribution in [-0.2, 0) is 4.79 Å². The summed E-state index contributed by atoms with van der Waals surface area (Å²) < 4.78 is 0. The molecule has 1 aliphatic rings. The molecule has 19 heavy (non-hydrogen) atoms. The minimum atomic E-state index is -0.357. The highest BCUT2D eigenvalue weighted by atomic mass is 16.3. The molecule has 0 aliphatic heterocycles. The van der Waals surface area contributed by atoms with Crippen molar-refractivity contribution in [3.63, 3.8) is 0 Å². The van der Waals surface area contributed by atoms with Crippen molar-refractivity contribution in [3.05, 3.63) is 0 Å². The lowest BCUT2D eigenvalue weighted by Gasteiger charge is -2.25. The Morgan fingerprint density at radius 3 is 2.53 bits per heavy atom. The second-order valence-corrected chi connectivity index (χ2v) is 7.45. The van der Waals surface area contributed by atoms with Gasteiger partial charge in [0.25, 0.3) is 0 Å². The van der Waals surface area contributed by atoms with Gasteiger partial charge >= 0.3 is 0 Å². The normalized spacial score (nSPS) is 26.6. The quantitative estimate of drug-likeness (QED) is 0.770. The summed E-state index contributed by atoms with van der Waals surface area (Å²) in [5, 5.41) is 13.0. The third kappa shape index (κ3) is 6.95. The molecule has 0 aromatic heterocycles. The molecule has 0 aromatic carbocycles. The average Bonchev–Trinajstić information content (AvgIpc) is 2.41. The topological polar surface area (TPSA) is 49.3 Å². The van der Waals surface area contributed by atoms with Crippen molar-refractivity contribution < 1.29 is 9.90 Å². The maximum absolute atomic E-state index is 12.0. The van der Waals surface area contributed by atoms with Gasteiger partial charge in [0.05, 0.1) is 12.1 Å². The van der Waals surface area contributed by atoms with Crippen LogP contribution in [0.25, 0.3) is 0 Å². The van der Waals surface area contributed by atoms with Crippen LogP contribution >= 0.6 is 0 Å². The zero-order chi connectivity index (χ0) is 14.5. The number of hydrogen-bond donors (Lipinski definition) is 2. The van der Waals surface area contributed by atoms with Gasteiger partial charge in [-0.25, -0.2) is 0 Å². The zero-order valence-corrected chi connectivity index (χ0v) is 13.0. The van der Waals surface area contributed by atoms with Crippen molar-refractivity contribution >= 4 is 5.91 Å². The predicted molar refractivity (Wildman–Crippen MR) is 78.9 cm³/mol. The lowest BCUT2D eigenvalue weighted by atomic mass is 9.84. The number of rotatable bonds is 4. The van der Waals surface area contributed by atoms with E-state index in [0.29, 0.717) is 12.3 Å². The third-order valence-electron chi connectivity index (χ3n) is 3.82. The van der Waals surface area contributed by atoms with Gasteiger partial charge in [-0.1, -0.05) is 47.0 Å². The molecule has 3 nitrogen and oxygen atoms in total. The molecule has 1 rings (SSSR count). The Kier molecular flexibility index (Phi) is 6.31. The van der Waals surface area contributed by atoms with E-state index >= 15 is 0 Å². The number of aliphatic hydroxyl groups is 1. The Hall–Kier alpha value is -0.570. The summed E-state index contributed by atoms with van der Waals surface area (Å²) in [4.78, 5) is 12.0. The molecule has 0 aromatic rings. The first-order chi connectivity index (χ1) is 8.78. The highest BCUT2D eigenvalue weighted by Crippen LogP contribution is 2.26. The Balaban J connectivity index is 2.37. The molecule has 0 radical (unpaired) electrons. The molecular weight excluding hydrogens is 238 g/mol. The number of aliphatic hydroxyl groups excluding tert-OH is 1. The lowest BCUT2D eigenvalue weighted by molar-refractivity contribution is -0.123. The fourth-order valence-corrected chi connectivity index (χ4v) is 3.16. The Morgan fingerprint density at radius 2 is 1.89 bits per heavy atom. The maximum atomic E-state index is 12.0. The van der Waals surface area contributed by atoms with Gasteiger partial charge in [0.1, 0.15) is 0 Å². The van der Waals surface area contributed by atoms with E-state index in [1.165, 1.54) is 6.42 Å². The van der Waals surface area contributed by atoms with Crippen molar-refractivity contribution in [2.45, 2.75) is 84.8 Å². The van der Waals surface area contributed by atoms with E-state index in [-0.39, 0.29) is 23.5 Å². The highest BCUT2D eigenvalue weighted by Gasteiger charge is 2.24. The van der Waals surface area contributed by atoms with Gasteiger partial charge < -0.3 is 10.4 Å². The number of nitrogens with one attached hydrogen (secondary N) is 1. The van der Waals surface area contributed by atoms with Crippen LogP contribution in [0.1, 0.15) is 72.6 Å². The van der Waals surface area contributed by atoms with E-state index in [2.05, 4.69) is 33.0 Å². The molecule has 1 saturated carbocycles. The summed E-state index contributed by atoms with van der Waals surface area (Å²) in [5.74, 6) is 0.491. The largest absolute Gasteiger partial charge is 0.391 e. The van der Waals surface area contributed by atoms with Gasteiger partial charge in [-0.15, -0.1) is 0 Å². The third-order valence-corrected chi connectivity index (χ3v) is 3.82. The van der Waals surface area contributed by atoms with Gasteiger partial charge in [0, 0.05) is 6.42 Å². The molecule has 3 unspecified atom stereocenters. The molecule has 0 bridgehead atoms. The minimum Gasteiger partial charge on any atom is -0.391 e. The smallest absolute Gasteiger partial charge is 0.220 e. The summed E-state index contributed by atoms with van der Waals surface area (Å²) in [6.45, 7) is 8.75. The second kappa shape index (κ2) is 7.28. The van der Waals surface area contributed by atoms with Crippen LogP contribution in [0.2, 0.25) is 0 Å². The van der Waals surface area contributed by atoms with Crippen molar-refractivity contribution in [3.8, 4) is 0 Å². The Labute approximate surface area is 118 Å². The summed E-state index contributed by atoms with van der Waals surface area (Å²) in [7, 11) is 0. The van der Waals surface area contributed by atoms with E-state index in [0.717, 1.165) is 32.1 Å². The average molecular weight is 269 g/mol. The lowest BCUT2D eigenvalue weighted by Crippen LogP contribution is -2.43. The van der Waals surface area contributed by atoms with Crippen LogP contribution in [0.3, 0.4) is 0 Å². The maximum Gasteiger partial charge on any atom is 0.220 e.